The monoisotopic (exact) mass is 281 g/mol. The van der Waals surface area contributed by atoms with Gasteiger partial charge in [0.1, 0.15) is 10.8 Å². The van der Waals surface area contributed by atoms with Crippen LogP contribution in [0.5, 0.6) is 5.75 Å². The highest BCUT2D eigenvalue weighted by atomic mass is 32.1. The molecule has 0 amide bonds. The second kappa shape index (κ2) is 5.10. The summed E-state index contributed by atoms with van der Waals surface area (Å²) in [6, 6.07) is 14.0. The van der Waals surface area contributed by atoms with Gasteiger partial charge in [-0.15, -0.1) is 11.3 Å². The molecular weight excluding hydrogens is 266 g/mol. The smallest absolute Gasteiger partial charge is 0.125 e. The molecule has 2 nitrogen and oxygen atoms in total. The van der Waals surface area contributed by atoms with E-state index >= 15 is 0 Å². The molecule has 0 saturated carbocycles. The van der Waals surface area contributed by atoms with Crippen LogP contribution in [0.25, 0.3) is 21.8 Å². The van der Waals surface area contributed by atoms with Crippen molar-refractivity contribution in [2.75, 3.05) is 0 Å². The van der Waals surface area contributed by atoms with Crippen molar-refractivity contribution in [2.24, 2.45) is 0 Å². The number of nitrogens with zero attached hydrogens (tertiary/aromatic N) is 1. The summed E-state index contributed by atoms with van der Waals surface area (Å²) in [7, 11) is 0. The van der Waals surface area contributed by atoms with Gasteiger partial charge < -0.3 is 5.11 Å². The lowest BCUT2D eigenvalue weighted by atomic mass is 10.1. The predicted molar refractivity (Wildman–Crippen MR) is 84.1 cm³/mol. The number of hydrogen-bond acceptors (Lipinski definition) is 3. The number of phenolic OH excluding ortho intramolecular Hbond substituents is 1. The van der Waals surface area contributed by atoms with Gasteiger partial charge in [0.25, 0.3) is 0 Å². The van der Waals surface area contributed by atoms with E-state index in [0.717, 1.165) is 27.4 Å². The molecule has 20 heavy (non-hydrogen) atoms. The Morgan fingerprint density at radius 2 is 1.65 bits per heavy atom. The van der Waals surface area contributed by atoms with Gasteiger partial charge in [-0.05, 0) is 31.5 Å². The summed E-state index contributed by atoms with van der Waals surface area (Å²) in [5.41, 5.74) is 4.99. The van der Waals surface area contributed by atoms with Gasteiger partial charge in [-0.25, -0.2) is 4.98 Å². The molecule has 3 heteroatoms. The minimum atomic E-state index is 0.283. The van der Waals surface area contributed by atoms with E-state index in [1.54, 1.807) is 17.4 Å². The van der Waals surface area contributed by atoms with Crippen LogP contribution in [0.1, 0.15) is 11.1 Å². The van der Waals surface area contributed by atoms with Gasteiger partial charge >= 0.3 is 0 Å². The number of benzene rings is 2. The maximum absolute atomic E-state index is 10.0. The lowest BCUT2D eigenvalue weighted by molar-refractivity contribution is 0.477. The molecule has 0 aliphatic heterocycles. The van der Waals surface area contributed by atoms with Crippen LogP contribution in [0.2, 0.25) is 0 Å². The summed E-state index contributed by atoms with van der Waals surface area (Å²) >= 11 is 1.59. The Balaban J connectivity index is 1.99. The molecule has 1 heterocycles. The van der Waals surface area contributed by atoms with Gasteiger partial charge in [-0.1, -0.05) is 35.9 Å². The first-order chi connectivity index (χ1) is 9.63. The molecule has 3 rings (SSSR count). The molecule has 0 saturated heterocycles. The number of aromatic nitrogens is 1. The van der Waals surface area contributed by atoms with Crippen molar-refractivity contribution in [3.8, 4) is 27.6 Å². The van der Waals surface area contributed by atoms with Crippen LogP contribution in [0.15, 0.2) is 47.8 Å². The maximum Gasteiger partial charge on any atom is 0.125 e. The van der Waals surface area contributed by atoms with E-state index in [0.29, 0.717) is 0 Å². The molecule has 3 aromatic rings. The number of hydrogen-bond donors (Lipinski definition) is 1. The van der Waals surface area contributed by atoms with E-state index in [4.69, 9.17) is 0 Å². The van der Waals surface area contributed by atoms with Crippen LogP contribution >= 0.6 is 11.3 Å². The fourth-order valence-corrected chi connectivity index (χ4v) is 2.91. The van der Waals surface area contributed by atoms with Gasteiger partial charge in [0.05, 0.1) is 5.69 Å². The Kier molecular flexibility index (Phi) is 3.28. The highest BCUT2D eigenvalue weighted by Crippen LogP contribution is 2.33. The Labute approximate surface area is 122 Å². The minimum Gasteiger partial charge on any atom is -0.507 e. The van der Waals surface area contributed by atoms with E-state index in [-0.39, 0.29) is 5.75 Å². The zero-order valence-corrected chi connectivity index (χ0v) is 12.2. The SMILES string of the molecule is Cc1ccc(-c2nc(-c3ccc(C)cc3O)cs2)cc1. The highest BCUT2D eigenvalue weighted by Gasteiger charge is 2.10. The third kappa shape index (κ3) is 2.45. The van der Waals surface area contributed by atoms with E-state index < -0.39 is 0 Å². The summed E-state index contributed by atoms with van der Waals surface area (Å²) < 4.78 is 0. The van der Waals surface area contributed by atoms with Gasteiger partial charge in [-0.2, -0.15) is 0 Å². The topological polar surface area (TPSA) is 33.1 Å². The van der Waals surface area contributed by atoms with Crippen LogP contribution in [-0.4, -0.2) is 10.1 Å². The largest absolute Gasteiger partial charge is 0.507 e. The second-order valence-corrected chi connectivity index (χ2v) is 5.78. The van der Waals surface area contributed by atoms with Crippen molar-refractivity contribution in [1.29, 1.82) is 0 Å². The van der Waals surface area contributed by atoms with Crippen LogP contribution in [-0.2, 0) is 0 Å². The molecule has 0 aliphatic carbocycles. The molecule has 0 aliphatic rings. The summed E-state index contributed by atoms with van der Waals surface area (Å²) in [5.74, 6) is 0.283. The number of thiazole rings is 1. The summed E-state index contributed by atoms with van der Waals surface area (Å²) in [6.07, 6.45) is 0. The fourth-order valence-electron chi connectivity index (χ4n) is 2.08. The first-order valence-electron chi connectivity index (χ1n) is 6.46. The summed E-state index contributed by atoms with van der Waals surface area (Å²) in [4.78, 5) is 4.63. The molecule has 0 atom stereocenters. The van der Waals surface area contributed by atoms with E-state index in [2.05, 4.69) is 36.2 Å². The zero-order valence-electron chi connectivity index (χ0n) is 11.4. The van der Waals surface area contributed by atoms with Crippen molar-refractivity contribution in [1.82, 2.24) is 4.98 Å². The summed E-state index contributed by atoms with van der Waals surface area (Å²) in [6.45, 7) is 4.03. The zero-order chi connectivity index (χ0) is 14.1. The lowest BCUT2D eigenvalue weighted by Gasteiger charge is -2.02. The standard InChI is InChI=1S/C17H15NOS/c1-11-3-6-13(7-4-11)17-18-15(10-20-17)14-8-5-12(2)9-16(14)19/h3-10,19H,1-2H3. The van der Waals surface area contributed by atoms with Crippen LogP contribution in [0, 0.1) is 13.8 Å². The third-order valence-electron chi connectivity index (χ3n) is 3.23. The molecule has 0 fully saturated rings. The number of aryl methyl sites for hydroxylation is 2. The van der Waals surface area contributed by atoms with Crippen LogP contribution in [0.4, 0.5) is 0 Å². The van der Waals surface area contributed by atoms with Gasteiger partial charge in [-0.3, -0.25) is 0 Å². The third-order valence-corrected chi connectivity index (χ3v) is 4.12. The van der Waals surface area contributed by atoms with Crippen molar-refractivity contribution >= 4 is 11.3 Å². The Hall–Kier alpha value is -2.13. The normalized spacial score (nSPS) is 10.7. The molecule has 0 bridgehead atoms. The molecule has 1 aromatic heterocycles. The Bertz CT molecular complexity index is 744. The maximum atomic E-state index is 10.0. The fraction of sp³-hybridized carbons (Fsp3) is 0.118. The quantitative estimate of drug-likeness (QED) is 0.732. The molecule has 2 aromatic carbocycles. The van der Waals surface area contributed by atoms with E-state index in [1.165, 1.54) is 5.56 Å². The first-order valence-corrected chi connectivity index (χ1v) is 7.34. The average Bonchev–Trinajstić information content (AvgIpc) is 2.89. The van der Waals surface area contributed by atoms with Crippen LogP contribution in [0.3, 0.4) is 0 Å². The molecule has 100 valence electrons. The van der Waals surface area contributed by atoms with Gasteiger partial charge in [0.15, 0.2) is 0 Å². The Morgan fingerprint density at radius 1 is 0.950 bits per heavy atom. The molecule has 0 unspecified atom stereocenters. The predicted octanol–water partition coefficient (Wildman–Crippen LogP) is 4.80. The van der Waals surface area contributed by atoms with Crippen molar-refractivity contribution in [2.45, 2.75) is 13.8 Å². The molecule has 1 N–H and O–H groups in total. The second-order valence-electron chi connectivity index (χ2n) is 4.92. The van der Waals surface area contributed by atoms with Crippen molar-refractivity contribution < 1.29 is 5.11 Å². The molecule has 0 radical (unpaired) electrons. The average molecular weight is 281 g/mol. The summed E-state index contributed by atoms with van der Waals surface area (Å²) in [5, 5.41) is 13.0. The highest BCUT2D eigenvalue weighted by molar-refractivity contribution is 7.13. The van der Waals surface area contributed by atoms with E-state index in [9.17, 15) is 5.11 Å². The van der Waals surface area contributed by atoms with Crippen LogP contribution < -0.4 is 0 Å². The minimum absolute atomic E-state index is 0.283. The van der Waals surface area contributed by atoms with Gasteiger partial charge in [0.2, 0.25) is 0 Å². The number of rotatable bonds is 2. The number of aromatic hydroxyl groups is 1. The van der Waals surface area contributed by atoms with Crippen molar-refractivity contribution in [3.05, 3.63) is 59.0 Å². The first kappa shape index (κ1) is 12.9. The number of phenols is 1. The van der Waals surface area contributed by atoms with Gasteiger partial charge in [0, 0.05) is 16.5 Å². The van der Waals surface area contributed by atoms with Crippen molar-refractivity contribution in [3.63, 3.8) is 0 Å². The molecule has 0 spiro atoms. The lowest BCUT2D eigenvalue weighted by Crippen LogP contribution is -1.82. The Morgan fingerprint density at radius 3 is 2.35 bits per heavy atom. The van der Waals surface area contributed by atoms with E-state index in [1.807, 2.05) is 24.4 Å². The molecular formula is C17H15NOS.